The first kappa shape index (κ1) is 17.2. The Morgan fingerprint density at radius 3 is 2.05 bits per heavy atom. The van der Waals surface area contributed by atoms with Crippen LogP contribution in [-0.4, -0.2) is 26.4 Å². The molecule has 1 aromatic carbocycles. The quantitative estimate of drug-likeness (QED) is 0.822. The summed E-state index contributed by atoms with van der Waals surface area (Å²) in [4.78, 5) is 9.96. The van der Waals surface area contributed by atoms with Crippen molar-refractivity contribution in [3.8, 4) is 0 Å². The fourth-order valence-corrected chi connectivity index (χ4v) is 1.71. The first-order chi connectivity index (χ1) is 9.25. The maximum absolute atomic E-state index is 13.1. The zero-order valence-corrected chi connectivity index (χ0v) is 10.5. The number of amides is 1. The van der Waals surface area contributed by atoms with Crippen molar-refractivity contribution in [1.82, 2.24) is 0 Å². The Bertz CT molecular complexity index is 671. The first-order valence-corrected chi connectivity index (χ1v) is 6.39. The van der Waals surface area contributed by atoms with Crippen LogP contribution in [0.15, 0.2) is 23.1 Å². The monoisotopic (exact) mass is 336 g/mol. The summed E-state index contributed by atoms with van der Waals surface area (Å²) in [7, 11) is -4.45. The van der Waals surface area contributed by atoms with Gasteiger partial charge in [-0.25, -0.2) is 17.9 Å². The first-order valence-electron chi connectivity index (χ1n) is 4.84. The third-order valence-electron chi connectivity index (χ3n) is 2.10. The number of nitrogens with two attached hydrogens (primary N) is 1. The van der Waals surface area contributed by atoms with Gasteiger partial charge in [-0.2, -0.15) is 22.0 Å². The summed E-state index contributed by atoms with van der Waals surface area (Å²) in [5.41, 5.74) is -0.923. The van der Waals surface area contributed by atoms with Crippen molar-refractivity contribution < 1.29 is 39.6 Å². The Hall–Kier alpha value is -1.82. The standard InChI is InChI=1S/C9H6F6N2O3S/c10-4-1-5(3-6(2-4)21(16,19)20)17-7(18)8(11,12)9(13,14)15/h1-3H,(H,17,18)(H2,16,19,20). The fourth-order valence-electron chi connectivity index (χ4n) is 1.14. The molecule has 0 bridgehead atoms. The number of primary sulfonamides is 1. The molecule has 118 valence electrons. The van der Waals surface area contributed by atoms with Crippen LogP contribution in [0.3, 0.4) is 0 Å². The van der Waals surface area contributed by atoms with Crippen molar-refractivity contribution in [2.24, 2.45) is 5.14 Å². The highest BCUT2D eigenvalue weighted by Gasteiger charge is 2.63. The zero-order valence-electron chi connectivity index (χ0n) is 9.71. The third-order valence-corrected chi connectivity index (χ3v) is 2.99. The maximum Gasteiger partial charge on any atom is 0.463 e. The van der Waals surface area contributed by atoms with Gasteiger partial charge in [0.2, 0.25) is 10.0 Å². The van der Waals surface area contributed by atoms with Crippen LogP contribution in [0.25, 0.3) is 0 Å². The molecule has 0 radical (unpaired) electrons. The summed E-state index contributed by atoms with van der Waals surface area (Å²) < 4.78 is 96.1. The lowest BCUT2D eigenvalue weighted by Gasteiger charge is -2.18. The van der Waals surface area contributed by atoms with Gasteiger partial charge in [0.05, 0.1) is 4.90 Å². The number of sulfonamides is 1. The molecule has 0 atom stereocenters. The van der Waals surface area contributed by atoms with Crippen molar-refractivity contribution in [2.75, 3.05) is 5.32 Å². The number of carbonyl (C=O) groups is 1. The minimum Gasteiger partial charge on any atom is -0.320 e. The Kier molecular flexibility index (Phi) is 4.25. The van der Waals surface area contributed by atoms with Gasteiger partial charge in [-0.1, -0.05) is 0 Å². The Balaban J connectivity index is 3.16. The molecule has 0 saturated carbocycles. The highest BCUT2D eigenvalue weighted by atomic mass is 32.2. The summed E-state index contributed by atoms with van der Waals surface area (Å²) >= 11 is 0. The molecule has 0 saturated heterocycles. The van der Waals surface area contributed by atoms with Crippen molar-refractivity contribution in [1.29, 1.82) is 0 Å². The molecule has 12 heteroatoms. The summed E-state index contributed by atoms with van der Waals surface area (Å²) in [6.07, 6.45) is -6.16. The molecule has 0 fully saturated rings. The molecule has 1 aromatic rings. The van der Waals surface area contributed by atoms with E-state index in [2.05, 4.69) is 5.14 Å². The van der Waals surface area contributed by atoms with Crippen LogP contribution in [0.2, 0.25) is 0 Å². The molecule has 0 aliphatic carbocycles. The SMILES string of the molecule is NS(=O)(=O)c1cc(F)cc(NC(=O)C(F)(F)C(F)(F)F)c1. The maximum atomic E-state index is 13.1. The van der Waals surface area contributed by atoms with Gasteiger partial charge in [0.1, 0.15) is 5.82 Å². The van der Waals surface area contributed by atoms with Crippen LogP contribution >= 0.6 is 0 Å². The lowest BCUT2D eigenvalue weighted by Crippen LogP contribution is -2.47. The van der Waals surface area contributed by atoms with Gasteiger partial charge in [-0.3, -0.25) is 4.79 Å². The van der Waals surface area contributed by atoms with Crippen molar-refractivity contribution >= 4 is 21.6 Å². The topological polar surface area (TPSA) is 89.3 Å². The van der Waals surface area contributed by atoms with E-state index in [0.29, 0.717) is 18.2 Å². The van der Waals surface area contributed by atoms with E-state index in [-0.39, 0.29) is 0 Å². The minimum absolute atomic E-state index is 0.346. The summed E-state index contributed by atoms with van der Waals surface area (Å²) in [6.45, 7) is 0. The normalized spacial score (nSPS) is 13.1. The average Bonchev–Trinajstić information content (AvgIpc) is 2.25. The molecule has 0 spiro atoms. The van der Waals surface area contributed by atoms with Crippen LogP contribution in [0.4, 0.5) is 32.0 Å². The molecule has 0 aromatic heterocycles. The van der Waals surface area contributed by atoms with Gasteiger partial charge < -0.3 is 5.32 Å². The van der Waals surface area contributed by atoms with Crippen LogP contribution in [0.1, 0.15) is 0 Å². The fraction of sp³-hybridized carbons (Fsp3) is 0.222. The lowest BCUT2D eigenvalue weighted by atomic mass is 10.2. The number of hydrogen-bond acceptors (Lipinski definition) is 3. The summed E-state index contributed by atoms with van der Waals surface area (Å²) in [5.74, 6) is -9.84. The molecular formula is C9H6F6N2O3S. The predicted octanol–water partition coefficient (Wildman–Crippen LogP) is 1.61. The second kappa shape index (κ2) is 5.18. The van der Waals surface area contributed by atoms with E-state index >= 15 is 0 Å². The molecule has 0 aliphatic heterocycles. The van der Waals surface area contributed by atoms with Crippen LogP contribution in [-0.2, 0) is 14.8 Å². The van der Waals surface area contributed by atoms with E-state index < -0.39 is 44.4 Å². The number of alkyl halides is 5. The Morgan fingerprint density at radius 1 is 1.10 bits per heavy atom. The zero-order chi connectivity index (χ0) is 16.6. The highest BCUT2D eigenvalue weighted by molar-refractivity contribution is 7.89. The smallest absolute Gasteiger partial charge is 0.320 e. The van der Waals surface area contributed by atoms with Crippen LogP contribution in [0, 0.1) is 5.82 Å². The molecule has 21 heavy (non-hydrogen) atoms. The molecule has 0 aliphatic rings. The number of nitrogens with one attached hydrogen (secondary N) is 1. The van der Waals surface area contributed by atoms with Gasteiger partial charge in [0.25, 0.3) is 0 Å². The molecular weight excluding hydrogens is 330 g/mol. The second-order valence-corrected chi connectivity index (χ2v) is 5.31. The van der Waals surface area contributed by atoms with Crippen LogP contribution in [0.5, 0.6) is 0 Å². The third kappa shape index (κ3) is 3.85. The molecule has 0 heterocycles. The van der Waals surface area contributed by atoms with Crippen molar-refractivity contribution in [3.63, 3.8) is 0 Å². The van der Waals surface area contributed by atoms with E-state index in [9.17, 15) is 39.6 Å². The van der Waals surface area contributed by atoms with E-state index in [1.165, 1.54) is 0 Å². The summed E-state index contributed by atoms with van der Waals surface area (Å²) in [5, 5.41) is 5.72. The lowest BCUT2D eigenvalue weighted by molar-refractivity contribution is -0.267. The van der Waals surface area contributed by atoms with Gasteiger partial charge >= 0.3 is 18.0 Å². The van der Waals surface area contributed by atoms with Crippen LogP contribution < -0.4 is 10.5 Å². The molecule has 1 amide bonds. The van der Waals surface area contributed by atoms with E-state index in [4.69, 9.17) is 0 Å². The molecule has 3 N–H and O–H groups in total. The number of rotatable bonds is 3. The van der Waals surface area contributed by atoms with E-state index in [1.54, 1.807) is 0 Å². The van der Waals surface area contributed by atoms with Gasteiger partial charge in [-0.05, 0) is 18.2 Å². The molecule has 5 nitrogen and oxygen atoms in total. The number of hydrogen-bond donors (Lipinski definition) is 2. The van der Waals surface area contributed by atoms with E-state index in [1.807, 2.05) is 0 Å². The Labute approximate surface area is 113 Å². The largest absolute Gasteiger partial charge is 0.463 e. The average molecular weight is 336 g/mol. The van der Waals surface area contributed by atoms with Crippen molar-refractivity contribution in [2.45, 2.75) is 17.0 Å². The van der Waals surface area contributed by atoms with Gasteiger partial charge in [0.15, 0.2) is 0 Å². The number of halogens is 6. The highest BCUT2D eigenvalue weighted by Crippen LogP contribution is 2.36. The number of benzene rings is 1. The predicted molar refractivity (Wildman–Crippen MR) is 57.4 cm³/mol. The Morgan fingerprint density at radius 2 is 1.62 bits per heavy atom. The summed E-state index contributed by atoms with van der Waals surface area (Å²) in [6, 6.07) is 1.18. The van der Waals surface area contributed by atoms with Gasteiger partial charge in [0, 0.05) is 5.69 Å². The number of carbonyl (C=O) groups excluding carboxylic acids is 1. The molecule has 0 unspecified atom stereocenters. The molecule has 1 rings (SSSR count). The van der Waals surface area contributed by atoms with Crippen molar-refractivity contribution in [3.05, 3.63) is 24.0 Å². The number of anilines is 1. The van der Waals surface area contributed by atoms with E-state index in [0.717, 1.165) is 5.32 Å². The second-order valence-electron chi connectivity index (χ2n) is 3.75. The minimum atomic E-state index is -6.16. The van der Waals surface area contributed by atoms with Gasteiger partial charge in [-0.15, -0.1) is 0 Å².